The van der Waals surface area contributed by atoms with E-state index in [1.165, 1.54) is 31.4 Å². The molecule has 18 heavy (non-hydrogen) atoms. The normalized spacial score (nSPS) is 30.9. The molecular weight excluding hydrogens is 250 g/mol. The molecule has 2 atom stereocenters. The lowest BCUT2D eigenvalue weighted by molar-refractivity contribution is 0.181. The zero-order valence-corrected chi connectivity index (χ0v) is 11.5. The molecule has 2 fully saturated rings. The van der Waals surface area contributed by atoms with Gasteiger partial charge in [-0.15, -0.1) is 0 Å². The molecule has 0 saturated carbocycles. The van der Waals surface area contributed by atoms with Gasteiger partial charge >= 0.3 is 0 Å². The number of rotatable bonds is 4. The van der Waals surface area contributed by atoms with Crippen molar-refractivity contribution < 1.29 is 4.74 Å². The quantitative estimate of drug-likeness (QED) is 0.911. The van der Waals surface area contributed by atoms with Crippen molar-refractivity contribution in [2.24, 2.45) is 0 Å². The van der Waals surface area contributed by atoms with Crippen molar-refractivity contribution in [2.75, 3.05) is 13.7 Å². The predicted molar refractivity (Wildman–Crippen MR) is 71.0 cm³/mol. The Morgan fingerprint density at radius 1 is 1.44 bits per heavy atom. The average molecular weight is 270 g/mol. The summed E-state index contributed by atoms with van der Waals surface area (Å²) in [5.74, 6) is 0.551. The summed E-state index contributed by atoms with van der Waals surface area (Å²) >= 11 is 6.33. The van der Waals surface area contributed by atoms with Crippen LogP contribution in [0.1, 0.15) is 37.3 Å². The number of fused-ring (bicyclic) bond motifs is 2. The molecule has 1 N–H and O–H groups in total. The first-order valence-electron chi connectivity index (χ1n) is 6.74. The second kappa shape index (κ2) is 5.19. The maximum Gasteiger partial charge on any atom is 0.0820 e. The van der Waals surface area contributed by atoms with E-state index < -0.39 is 0 Å². The van der Waals surface area contributed by atoms with Crippen LogP contribution >= 0.6 is 11.6 Å². The van der Waals surface area contributed by atoms with Crippen LogP contribution in [-0.2, 0) is 11.3 Å². The van der Waals surface area contributed by atoms with Gasteiger partial charge in [0.1, 0.15) is 0 Å². The van der Waals surface area contributed by atoms with Crippen LogP contribution < -0.4 is 5.32 Å². The Morgan fingerprint density at radius 2 is 2.17 bits per heavy atom. The lowest BCUT2D eigenvalue weighted by atomic mass is 9.89. The van der Waals surface area contributed by atoms with Crippen molar-refractivity contribution in [3.8, 4) is 0 Å². The van der Waals surface area contributed by atoms with Gasteiger partial charge in [0.2, 0.25) is 0 Å². The molecule has 2 saturated heterocycles. The van der Waals surface area contributed by atoms with Crippen LogP contribution in [0, 0.1) is 0 Å². The Morgan fingerprint density at radius 3 is 2.83 bits per heavy atom. The average Bonchev–Trinajstić information content (AvgIpc) is 2.90. The molecule has 3 rings (SSSR count). The van der Waals surface area contributed by atoms with Crippen LogP contribution in [0.15, 0.2) is 6.20 Å². The Balaban J connectivity index is 1.80. The minimum Gasteiger partial charge on any atom is -0.383 e. The SMILES string of the molecule is COCCn1ncc(Cl)c1C1CC2CCC(C1)N2. The monoisotopic (exact) mass is 269 g/mol. The third kappa shape index (κ3) is 2.29. The molecule has 0 amide bonds. The molecule has 2 aliphatic rings. The van der Waals surface area contributed by atoms with Crippen molar-refractivity contribution >= 4 is 11.6 Å². The molecule has 0 aliphatic carbocycles. The summed E-state index contributed by atoms with van der Waals surface area (Å²) in [7, 11) is 1.72. The smallest absolute Gasteiger partial charge is 0.0820 e. The van der Waals surface area contributed by atoms with Gasteiger partial charge in [-0.25, -0.2) is 0 Å². The van der Waals surface area contributed by atoms with E-state index in [0.717, 1.165) is 11.6 Å². The maximum atomic E-state index is 6.33. The molecule has 100 valence electrons. The van der Waals surface area contributed by atoms with E-state index in [0.29, 0.717) is 24.6 Å². The van der Waals surface area contributed by atoms with Crippen molar-refractivity contribution in [3.63, 3.8) is 0 Å². The summed E-state index contributed by atoms with van der Waals surface area (Å²) in [5, 5.41) is 8.87. The zero-order valence-electron chi connectivity index (χ0n) is 10.7. The molecule has 0 radical (unpaired) electrons. The fraction of sp³-hybridized carbons (Fsp3) is 0.769. The molecule has 5 heteroatoms. The molecule has 3 heterocycles. The molecule has 2 bridgehead atoms. The van der Waals surface area contributed by atoms with Crippen LogP contribution in [0.5, 0.6) is 0 Å². The van der Waals surface area contributed by atoms with E-state index in [9.17, 15) is 0 Å². The maximum absolute atomic E-state index is 6.33. The summed E-state index contributed by atoms with van der Waals surface area (Å²) in [4.78, 5) is 0. The van der Waals surface area contributed by atoms with Gasteiger partial charge in [0, 0.05) is 25.1 Å². The highest BCUT2D eigenvalue weighted by atomic mass is 35.5. The number of methoxy groups -OCH3 is 1. The Hall–Kier alpha value is -0.580. The number of hydrogen-bond acceptors (Lipinski definition) is 3. The molecule has 2 aliphatic heterocycles. The Labute approximate surface area is 113 Å². The first kappa shape index (κ1) is 12.5. The van der Waals surface area contributed by atoms with E-state index in [-0.39, 0.29) is 0 Å². The summed E-state index contributed by atoms with van der Waals surface area (Å²) in [6, 6.07) is 1.35. The topological polar surface area (TPSA) is 39.1 Å². The van der Waals surface area contributed by atoms with Crippen LogP contribution in [0.3, 0.4) is 0 Å². The molecular formula is C13H20ClN3O. The summed E-state index contributed by atoms with van der Waals surface area (Å²) in [6.07, 6.45) is 6.77. The second-order valence-corrected chi connectivity index (χ2v) is 5.81. The van der Waals surface area contributed by atoms with Crippen molar-refractivity contribution in [2.45, 2.75) is 50.2 Å². The predicted octanol–water partition coefficient (Wildman–Crippen LogP) is 2.18. The highest BCUT2D eigenvalue weighted by Crippen LogP contribution is 2.39. The van der Waals surface area contributed by atoms with E-state index in [1.807, 2.05) is 4.68 Å². The minimum atomic E-state index is 0.551. The van der Waals surface area contributed by atoms with Gasteiger partial charge in [0.25, 0.3) is 0 Å². The number of hydrogen-bond donors (Lipinski definition) is 1. The van der Waals surface area contributed by atoms with Gasteiger partial charge < -0.3 is 10.1 Å². The first-order valence-corrected chi connectivity index (χ1v) is 7.12. The van der Waals surface area contributed by atoms with Gasteiger partial charge in [-0.1, -0.05) is 11.6 Å². The fourth-order valence-electron chi connectivity index (χ4n) is 3.41. The van der Waals surface area contributed by atoms with Gasteiger partial charge in [-0.2, -0.15) is 5.10 Å². The minimum absolute atomic E-state index is 0.551. The zero-order chi connectivity index (χ0) is 12.5. The van der Waals surface area contributed by atoms with E-state index in [4.69, 9.17) is 16.3 Å². The molecule has 0 aromatic carbocycles. The molecule has 2 unspecified atom stereocenters. The lowest BCUT2D eigenvalue weighted by Crippen LogP contribution is -2.37. The van der Waals surface area contributed by atoms with E-state index in [2.05, 4.69) is 10.4 Å². The summed E-state index contributed by atoms with van der Waals surface area (Å²) < 4.78 is 7.16. The highest BCUT2D eigenvalue weighted by molar-refractivity contribution is 6.31. The van der Waals surface area contributed by atoms with Crippen LogP contribution in [0.2, 0.25) is 5.02 Å². The molecule has 1 aromatic rings. The van der Waals surface area contributed by atoms with Gasteiger partial charge in [-0.3, -0.25) is 4.68 Å². The Kier molecular flexibility index (Phi) is 3.59. The van der Waals surface area contributed by atoms with Gasteiger partial charge in [-0.05, 0) is 25.7 Å². The summed E-state index contributed by atoms with van der Waals surface area (Å²) in [5.41, 5.74) is 1.21. The van der Waals surface area contributed by atoms with Crippen molar-refractivity contribution in [3.05, 3.63) is 16.9 Å². The third-order valence-electron chi connectivity index (χ3n) is 4.20. The fourth-order valence-corrected chi connectivity index (χ4v) is 3.71. The number of piperidine rings is 1. The summed E-state index contributed by atoms with van der Waals surface area (Å²) in [6.45, 7) is 1.47. The highest BCUT2D eigenvalue weighted by Gasteiger charge is 2.36. The third-order valence-corrected chi connectivity index (χ3v) is 4.49. The van der Waals surface area contributed by atoms with Crippen LogP contribution in [0.25, 0.3) is 0 Å². The number of aromatic nitrogens is 2. The largest absolute Gasteiger partial charge is 0.383 e. The second-order valence-electron chi connectivity index (χ2n) is 5.40. The number of nitrogens with zero attached hydrogens (tertiary/aromatic N) is 2. The van der Waals surface area contributed by atoms with Crippen LogP contribution in [0.4, 0.5) is 0 Å². The standard InChI is InChI=1S/C13H20ClN3O/c1-18-5-4-17-13(12(14)8-15-17)9-6-10-2-3-11(7-9)16-10/h8-11,16H,2-7H2,1H3. The van der Waals surface area contributed by atoms with Crippen LogP contribution in [-0.4, -0.2) is 35.6 Å². The van der Waals surface area contributed by atoms with Gasteiger partial charge in [0.05, 0.1) is 30.1 Å². The van der Waals surface area contributed by atoms with E-state index >= 15 is 0 Å². The molecule has 0 spiro atoms. The van der Waals surface area contributed by atoms with Crippen molar-refractivity contribution in [1.82, 2.24) is 15.1 Å². The first-order chi connectivity index (χ1) is 8.78. The van der Waals surface area contributed by atoms with Crippen molar-refractivity contribution in [1.29, 1.82) is 0 Å². The number of halogens is 1. The molecule has 1 aromatic heterocycles. The van der Waals surface area contributed by atoms with Gasteiger partial charge in [0.15, 0.2) is 0 Å². The number of nitrogens with one attached hydrogen (secondary N) is 1. The van der Waals surface area contributed by atoms with E-state index in [1.54, 1.807) is 13.3 Å². The number of ether oxygens (including phenoxy) is 1. The Bertz CT molecular complexity index is 408. The molecule has 4 nitrogen and oxygen atoms in total. The lowest BCUT2D eigenvalue weighted by Gasteiger charge is -2.29.